The highest BCUT2D eigenvalue weighted by Gasteiger charge is 2.20. The predicted molar refractivity (Wildman–Crippen MR) is 132 cm³/mol. The van der Waals surface area contributed by atoms with Gasteiger partial charge in [0.1, 0.15) is 0 Å². The van der Waals surface area contributed by atoms with E-state index in [1.807, 2.05) is 29.7 Å². The largest absolute Gasteiger partial charge is 0.357 e. The Morgan fingerprint density at radius 3 is 2.50 bits per heavy atom. The maximum absolute atomic E-state index is 11.9. The molecular weight excluding hydrogens is 493 g/mol. The van der Waals surface area contributed by atoms with Crippen molar-refractivity contribution in [3.63, 3.8) is 0 Å². The molecule has 2 aromatic rings. The molecule has 0 bridgehead atoms. The second kappa shape index (κ2) is 12.5. The summed E-state index contributed by atoms with van der Waals surface area (Å²) < 4.78 is 1.83. The van der Waals surface area contributed by atoms with Gasteiger partial charge in [-0.3, -0.25) is 9.79 Å². The monoisotopic (exact) mass is 525 g/mol. The van der Waals surface area contributed by atoms with E-state index in [1.165, 1.54) is 0 Å². The van der Waals surface area contributed by atoms with Crippen molar-refractivity contribution in [2.24, 2.45) is 4.99 Å². The van der Waals surface area contributed by atoms with Gasteiger partial charge in [0.25, 0.3) is 5.56 Å². The molecule has 0 atom stereocenters. The van der Waals surface area contributed by atoms with E-state index in [0.717, 1.165) is 76.3 Å². The molecule has 2 aromatic heterocycles. The molecule has 1 aliphatic heterocycles. The summed E-state index contributed by atoms with van der Waals surface area (Å²) >= 11 is 0. The summed E-state index contributed by atoms with van der Waals surface area (Å²) in [6, 6.07) is 7.24. The molecule has 0 amide bonds. The number of rotatable bonds is 7. The molecule has 0 aliphatic carbocycles. The van der Waals surface area contributed by atoms with Gasteiger partial charge in [-0.05, 0) is 38.8 Å². The Kier molecular flexibility index (Phi) is 10.0. The molecule has 1 fully saturated rings. The van der Waals surface area contributed by atoms with E-state index >= 15 is 0 Å². The summed E-state index contributed by atoms with van der Waals surface area (Å²) in [5.41, 5.74) is 1.08. The van der Waals surface area contributed by atoms with Gasteiger partial charge in [0.05, 0.1) is 0 Å². The third-order valence-corrected chi connectivity index (χ3v) is 5.07. The van der Waals surface area contributed by atoms with Crippen LogP contribution in [-0.4, -0.2) is 64.7 Å². The third-order valence-electron chi connectivity index (χ3n) is 5.07. The minimum atomic E-state index is 0. The van der Waals surface area contributed by atoms with Crippen LogP contribution in [0, 0.1) is 6.92 Å². The number of piperazine rings is 1. The van der Waals surface area contributed by atoms with E-state index in [9.17, 15) is 4.79 Å². The van der Waals surface area contributed by atoms with Gasteiger partial charge in [-0.15, -0.1) is 24.0 Å². The Labute approximate surface area is 195 Å². The van der Waals surface area contributed by atoms with Crippen LogP contribution in [0.3, 0.4) is 0 Å². The average molecular weight is 525 g/mol. The fraction of sp³-hybridized carbons (Fsp3) is 0.524. The quantitative estimate of drug-likeness (QED) is 0.258. The molecule has 0 spiro atoms. The number of guanidine groups is 1. The van der Waals surface area contributed by atoms with Crippen LogP contribution in [0.5, 0.6) is 0 Å². The molecule has 8 nitrogen and oxygen atoms in total. The van der Waals surface area contributed by atoms with E-state index in [0.29, 0.717) is 0 Å². The molecule has 1 N–H and O–H groups in total. The number of anilines is 1. The summed E-state index contributed by atoms with van der Waals surface area (Å²) in [7, 11) is 0. The minimum Gasteiger partial charge on any atom is -0.357 e. The summed E-state index contributed by atoms with van der Waals surface area (Å²) in [5.74, 6) is 1.76. The van der Waals surface area contributed by atoms with Crippen molar-refractivity contribution in [1.82, 2.24) is 24.8 Å². The molecule has 30 heavy (non-hydrogen) atoms. The van der Waals surface area contributed by atoms with Crippen LogP contribution in [0.2, 0.25) is 0 Å². The second-order valence-electron chi connectivity index (χ2n) is 7.12. The number of pyridine rings is 1. The number of halogens is 1. The van der Waals surface area contributed by atoms with E-state index in [1.54, 1.807) is 18.5 Å². The molecule has 1 saturated heterocycles. The predicted octanol–water partition coefficient (Wildman–Crippen LogP) is 2.13. The maximum atomic E-state index is 11.9. The van der Waals surface area contributed by atoms with E-state index < -0.39 is 0 Å². The van der Waals surface area contributed by atoms with Gasteiger partial charge in [-0.1, -0.05) is 6.07 Å². The Hall–Kier alpha value is -2.17. The third kappa shape index (κ3) is 6.68. The normalized spacial score (nSPS) is 14.4. The van der Waals surface area contributed by atoms with Crippen LogP contribution in [0.25, 0.3) is 0 Å². The molecule has 3 heterocycles. The number of aliphatic imine (C=N–C) groups is 1. The van der Waals surface area contributed by atoms with Crippen molar-refractivity contribution in [1.29, 1.82) is 0 Å². The molecule has 3 rings (SSSR count). The SMILES string of the molecule is CCNC(=NCCCCn1c(C)cccc1=O)N1CCN(c2ncccn2)CC1.I. The van der Waals surface area contributed by atoms with Crippen LogP contribution in [0.4, 0.5) is 5.95 Å². The van der Waals surface area contributed by atoms with Gasteiger partial charge in [0, 0.05) is 70.0 Å². The Balaban J connectivity index is 0.00000320. The number of nitrogens with one attached hydrogen (secondary N) is 1. The number of unbranched alkanes of at least 4 members (excludes halogenated alkanes) is 1. The van der Waals surface area contributed by atoms with Gasteiger partial charge < -0.3 is 19.7 Å². The first kappa shape index (κ1) is 24.1. The highest BCUT2D eigenvalue weighted by molar-refractivity contribution is 14.0. The number of hydrogen-bond donors (Lipinski definition) is 1. The van der Waals surface area contributed by atoms with Gasteiger partial charge in [0.2, 0.25) is 5.95 Å². The highest BCUT2D eigenvalue weighted by atomic mass is 127. The number of hydrogen-bond acceptors (Lipinski definition) is 5. The van der Waals surface area contributed by atoms with Gasteiger partial charge in [-0.25, -0.2) is 9.97 Å². The lowest BCUT2D eigenvalue weighted by atomic mass is 10.3. The number of aryl methyl sites for hydroxylation is 1. The molecule has 0 aromatic carbocycles. The van der Waals surface area contributed by atoms with Crippen LogP contribution < -0.4 is 15.8 Å². The molecule has 9 heteroatoms. The first-order valence-electron chi connectivity index (χ1n) is 10.4. The van der Waals surface area contributed by atoms with Gasteiger partial charge in [-0.2, -0.15) is 0 Å². The van der Waals surface area contributed by atoms with Gasteiger partial charge >= 0.3 is 0 Å². The zero-order valence-corrected chi connectivity index (χ0v) is 20.2. The van der Waals surface area contributed by atoms with E-state index in [-0.39, 0.29) is 29.5 Å². The van der Waals surface area contributed by atoms with Crippen LogP contribution in [0.1, 0.15) is 25.5 Å². The first-order chi connectivity index (χ1) is 14.2. The Bertz CT molecular complexity index is 848. The Morgan fingerprint density at radius 2 is 1.83 bits per heavy atom. The van der Waals surface area contributed by atoms with Crippen molar-refractivity contribution in [3.05, 3.63) is 52.7 Å². The second-order valence-corrected chi connectivity index (χ2v) is 7.12. The van der Waals surface area contributed by atoms with Crippen LogP contribution in [-0.2, 0) is 6.54 Å². The molecule has 164 valence electrons. The lowest BCUT2D eigenvalue weighted by Crippen LogP contribution is -2.53. The Morgan fingerprint density at radius 1 is 1.10 bits per heavy atom. The fourth-order valence-corrected chi connectivity index (χ4v) is 3.48. The molecule has 1 aliphatic rings. The average Bonchev–Trinajstić information content (AvgIpc) is 2.75. The van der Waals surface area contributed by atoms with Crippen molar-refractivity contribution in [2.75, 3.05) is 44.2 Å². The van der Waals surface area contributed by atoms with Crippen LogP contribution >= 0.6 is 24.0 Å². The smallest absolute Gasteiger partial charge is 0.250 e. The van der Waals surface area contributed by atoms with Gasteiger partial charge in [0.15, 0.2) is 5.96 Å². The van der Waals surface area contributed by atoms with Crippen molar-refractivity contribution >= 4 is 35.9 Å². The lowest BCUT2D eigenvalue weighted by molar-refractivity contribution is 0.370. The maximum Gasteiger partial charge on any atom is 0.250 e. The molecule has 0 radical (unpaired) electrons. The number of nitrogens with zero attached hydrogens (tertiary/aromatic N) is 6. The fourth-order valence-electron chi connectivity index (χ4n) is 3.48. The number of aromatic nitrogens is 3. The van der Waals surface area contributed by atoms with Crippen LogP contribution in [0.15, 0.2) is 46.4 Å². The molecular formula is C21H32IN7O. The standard InChI is InChI=1S/C21H31N7O.HI/c1-3-22-20(23-10-4-5-13-28-18(2)8-6-9-19(28)29)26-14-16-27(17-15-26)21-24-11-7-12-25-21;/h6-9,11-12H,3-5,10,13-17H2,1-2H3,(H,22,23);1H. The van der Waals surface area contributed by atoms with Crippen molar-refractivity contribution < 1.29 is 0 Å². The lowest BCUT2D eigenvalue weighted by Gasteiger charge is -2.36. The van der Waals surface area contributed by atoms with Crippen molar-refractivity contribution in [3.8, 4) is 0 Å². The molecule has 0 saturated carbocycles. The highest BCUT2D eigenvalue weighted by Crippen LogP contribution is 2.10. The van der Waals surface area contributed by atoms with Crippen molar-refractivity contribution in [2.45, 2.75) is 33.2 Å². The zero-order chi connectivity index (χ0) is 20.5. The topological polar surface area (TPSA) is 78.7 Å². The summed E-state index contributed by atoms with van der Waals surface area (Å²) in [6.45, 7) is 9.95. The summed E-state index contributed by atoms with van der Waals surface area (Å²) in [5, 5.41) is 3.40. The first-order valence-corrected chi connectivity index (χ1v) is 10.4. The summed E-state index contributed by atoms with van der Waals surface area (Å²) in [4.78, 5) is 29.9. The van der Waals surface area contributed by atoms with E-state index in [2.05, 4.69) is 32.0 Å². The zero-order valence-electron chi connectivity index (χ0n) is 17.8. The summed E-state index contributed by atoms with van der Waals surface area (Å²) in [6.07, 6.45) is 5.46. The van der Waals surface area contributed by atoms with E-state index in [4.69, 9.17) is 4.99 Å². The molecule has 0 unspecified atom stereocenters. The minimum absolute atomic E-state index is 0.